The molecule has 0 bridgehead atoms. The Hall–Kier alpha value is 8.59. The predicted octanol–water partition coefficient (Wildman–Crippen LogP) is -52.3. The van der Waals surface area contributed by atoms with E-state index in [2.05, 4.69) is 41.8 Å². The van der Waals surface area contributed by atoms with Crippen molar-refractivity contribution in [2.75, 3.05) is 48.3 Å². The molecule has 5 fully saturated rings. The Morgan fingerprint density at radius 2 is 0.462 bits per heavy atom. The number of ether oxygens (including phenoxy) is 14. The van der Waals surface area contributed by atoms with E-state index in [1.807, 2.05) is 0 Å². The van der Waals surface area contributed by atoms with Crippen LogP contribution in [0.25, 0.3) is 0 Å². The largest absolute Gasteiger partial charge is 1.00 e. The summed E-state index contributed by atoms with van der Waals surface area (Å²) >= 11 is 0. The Kier molecular flexibility index (Phi) is 71.1. The molecule has 25 atom stereocenters. The van der Waals surface area contributed by atoms with Crippen LogP contribution in [0.5, 0.6) is 0 Å². The van der Waals surface area contributed by atoms with Gasteiger partial charge in [-0.05, 0) is 0 Å². The number of methoxy groups -OCH3 is 4. The monoisotopic (exact) mass is 2020 g/mol. The summed E-state index contributed by atoms with van der Waals surface area (Å²) in [6.07, 6.45) is -79.1. The van der Waals surface area contributed by atoms with E-state index in [1.165, 1.54) is 0 Å². The van der Waals surface area contributed by atoms with Crippen LogP contribution < -0.4 is 365 Å². The van der Waals surface area contributed by atoms with Crippen LogP contribution in [-0.2, 0) is 227 Å². The molecule has 0 aliphatic carbocycles. The van der Waals surface area contributed by atoms with E-state index < -0.39 is 295 Å². The normalized spacial score (nSPS) is 31.7. The van der Waals surface area contributed by atoms with Crippen LogP contribution >= 0.6 is 0 Å². The molecule has 0 spiro atoms. The fraction of sp³-hybridized carbons (Fsp3) is 0.917. The van der Waals surface area contributed by atoms with Gasteiger partial charge in [0.05, 0.1) is 31.8 Å². The molecular formula is C36H46Na12O59S10. The molecule has 5 aliphatic rings. The second-order valence-electron chi connectivity index (χ2n) is 20.3. The van der Waals surface area contributed by atoms with Crippen molar-refractivity contribution in [1.82, 2.24) is 0 Å². The smallest absolute Gasteiger partial charge is 0.726 e. The van der Waals surface area contributed by atoms with Gasteiger partial charge < -0.3 is 132 Å². The summed E-state index contributed by atoms with van der Waals surface area (Å²) in [6.45, 7) is -5.49. The van der Waals surface area contributed by atoms with Crippen molar-refractivity contribution in [3.63, 3.8) is 0 Å². The second kappa shape index (κ2) is 59.0. The Morgan fingerprint density at radius 3 is 0.701 bits per heavy atom. The third-order valence-corrected chi connectivity index (χ3v) is 18.0. The molecule has 0 N–H and O–H groups in total. The molecule has 616 valence electrons. The average Bonchev–Trinajstić information content (AvgIpc) is 0.754. The van der Waals surface area contributed by atoms with Gasteiger partial charge in [-0.15, -0.1) is 0 Å². The van der Waals surface area contributed by atoms with Gasteiger partial charge in [0.25, 0.3) is 0 Å². The molecule has 5 aliphatic heterocycles. The standard InChI is InChI=1S/C36H58O59S10.12Na/c1-9(37)79-25-16(73-3)18(85-34-28(94-104(66,67)68)20(89-99(51,52)53)13(72-2)10(81-34)6-76-96(42,43)44)23(30(38)39)87-33(25)83-15-12(8-78-98(48,49)50)82-35(29(95-105(69,70)71)22(15)91-101(57,58)59)86-19-17(74-4)26(92-102(60,61)62)36(88-24(19)31(40)41)84-14-11(7-77-97(45,46)47)80-32(75-5)27(93-103(63,64)65)21(14)90-100(54,55)56;;;;;;;;;;;;/h10-29,32-36H,6-8H2,1-5H3,(H,38,39)(H,40,41)(H,42,43,44)(H,45,46,47)(H,48,49,50)(H,51,52,53)(H,54,55,56)(H,57,58,59)(H,60,61,62)(H,63,64,65)(H,66,67,68)(H,69,70,71);;;;;;;;;;;;/q;12*+1/p-12/t10-,11-,12-,13-,14-,15-,16+,17+,18+,19+,20+,21+,22+,23+,24-,25-,26-,27-,28-,29-,32+,33-,34-,35-,36-;;;;;;;;;;;;/m1............/s1. The number of carbonyl (C=O) groups is 3. The van der Waals surface area contributed by atoms with Gasteiger partial charge in [-0.25, -0.2) is 84.2 Å². The van der Waals surface area contributed by atoms with Gasteiger partial charge in [0.2, 0.25) is 104 Å². The van der Waals surface area contributed by atoms with Gasteiger partial charge in [0, 0.05) is 35.4 Å². The van der Waals surface area contributed by atoms with Crippen molar-refractivity contribution in [3.8, 4) is 0 Å². The van der Waals surface area contributed by atoms with Crippen molar-refractivity contribution in [2.24, 2.45) is 0 Å². The third kappa shape index (κ3) is 48.0. The first-order valence-corrected chi connectivity index (χ1v) is 39.8. The fourth-order valence-corrected chi connectivity index (χ4v) is 14.5. The van der Waals surface area contributed by atoms with Gasteiger partial charge in [-0.1, -0.05) is 0 Å². The zero-order chi connectivity index (χ0) is 80.3. The molecule has 0 aromatic heterocycles. The summed E-state index contributed by atoms with van der Waals surface area (Å²) < 4.78 is 480. The number of carboxylic acid groups (broad SMARTS) is 2. The molecule has 0 saturated carbocycles. The number of hydrogen-bond acceptors (Lipinski definition) is 59. The molecule has 5 rings (SSSR count). The second-order valence-corrected chi connectivity index (χ2v) is 30.5. The number of carboxylic acids is 2. The van der Waals surface area contributed by atoms with Crippen LogP contribution in [0.4, 0.5) is 0 Å². The van der Waals surface area contributed by atoms with Gasteiger partial charge in [0.15, 0.2) is 62.0 Å². The maximum Gasteiger partial charge on any atom is 1.00 e. The first-order chi connectivity index (χ1) is 47.5. The van der Waals surface area contributed by atoms with E-state index in [9.17, 15) is 154 Å². The average molecular weight is 2020 g/mol. The number of hydrogen-bond donors (Lipinski definition) is 0. The van der Waals surface area contributed by atoms with E-state index >= 15 is 0 Å². The number of carbonyl (C=O) groups excluding carboxylic acids is 3. The summed E-state index contributed by atoms with van der Waals surface area (Å²) in [5.41, 5.74) is 0. The quantitative estimate of drug-likeness (QED) is 0.0240. The maximum atomic E-state index is 13.2. The molecule has 0 amide bonds. The summed E-state index contributed by atoms with van der Waals surface area (Å²) in [4.78, 5) is 39.3. The molecule has 117 heavy (non-hydrogen) atoms. The van der Waals surface area contributed by atoms with Crippen molar-refractivity contribution in [1.29, 1.82) is 0 Å². The van der Waals surface area contributed by atoms with E-state index in [4.69, 9.17) is 66.3 Å². The zero-order valence-electron chi connectivity index (χ0n) is 63.2. The topological polar surface area (TPSA) is 891 Å². The number of rotatable bonds is 38. The van der Waals surface area contributed by atoms with Gasteiger partial charge in [-0.3, -0.25) is 46.6 Å². The van der Waals surface area contributed by atoms with Gasteiger partial charge in [-0.2, -0.15) is 0 Å². The zero-order valence-corrected chi connectivity index (χ0v) is 95.4. The first-order valence-electron chi connectivity index (χ1n) is 26.4. The summed E-state index contributed by atoms with van der Waals surface area (Å²) in [5, 5.41) is 26.4. The summed E-state index contributed by atoms with van der Waals surface area (Å²) in [7, 11) is -62.3. The van der Waals surface area contributed by atoms with Crippen molar-refractivity contribution in [3.05, 3.63) is 0 Å². The Labute approximate surface area is 931 Å². The van der Waals surface area contributed by atoms with Crippen LogP contribution in [0.3, 0.4) is 0 Å². The first kappa shape index (κ1) is 141. The van der Waals surface area contributed by atoms with Gasteiger partial charge in [0.1, 0.15) is 91.6 Å². The minimum atomic E-state index is -6.84. The van der Waals surface area contributed by atoms with E-state index in [0.717, 1.165) is 0 Å². The predicted molar refractivity (Wildman–Crippen MR) is 277 cm³/mol. The summed E-state index contributed by atoms with van der Waals surface area (Å²) in [6, 6.07) is 0. The maximum absolute atomic E-state index is 13.2. The Balaban J connectivity index is -0.00000165. The van der Waals surface area contributed by atoms with Crippen molar-refractivity contribution >= 4 is 122 Å². The molecule has 5 saturated heterocycles. The third-order valence-electron chi connectivity index (χ3n) is 13.5. The molecule has 59 nitrogen and oxygen atoms in total. The molecule has 0 aromatic rings. The van der Waals surface area contributed by atoms with Crippen LogP contribution in [0.2, 0.25) is 0 Å². The Bertz CT molecular complexity index is 4280. The SMILES string of the molecule is CO[C@H]1O[C@H](COS(=O)(=O)[O-])[C@@H](O[C@@H]2O[C@@H](C(=O)[O-])[C@@H](O[C@H]3O[C@H](COS(=O)(=O)[O-])[C@@H](O[C@@H]4O[C@H](C(=O)[O-])[C@@H](O[C@H]5O[C@H](COS(=O)(=O)[O-])[C@@H](OC)[C@H](OS(=O)(=O)[O-])[C@H]5OS(=O)(=O)[O-])[C@H](OC)[C@H]4OC(C)=O)[C@H](OS(=O)(=O)[O-])[C@H]3OS(=O)(=O)[O-])[C@H](OC)[C@H]2OS(=O)(=O)[O-])[C@H](OS(=O)(=O)[O-])[C@H]1OS(=O)(=O)[O-].[Na+].[Na+].[Na+].[Na+].[Na+].[Na+].[Na+].[Na+].[Na+].[Na+].[Na+].[Na+]. The molecule has 0 radical (unpaired) electrons. The van der Waals surface area contributed by atoms with E-state index in [0.29, 0.717) is 28.3 Å². The molecule has 81 heteroatoms. The molecule has 5 heterocycles. The van der Waals surface area contributed by atoms with Gasteiger partial charge >= 0.3 is 361 Å². The number of aliphatic carboxylic acids is 2. The van der Waals surface area contributed by atoms with Crippen molar-refractivity contribution in [2.45, 2.75) is 160 Å². The summed E-state index contributed by atoms with van der Waals surface area (Å²) in [5.74, 6) is -7.40. The molecule has 0 unspecified atom stereocenters. The Morgan fingerprint density at radius 1 is 0.256 bits per heavy atom. The molecule has 0 aromatic carbocycles. The van der Waals surface area contributed by atoms with Crippen LogP contribution in [0, 0.1) is 0 Å². The minimum absolute atomic E-state index is 0. The van der Waals surface area contributed by atoms with Crippen LogP contribution in [-0.4, -0.2) is 349 Å². The van der Waals surface area contributed by atoms with E-state index in [1.54, 1.807) is 0 Å². The van der Waals surface area contributed by atoms with Crippen LogP contribution in [0.15, 0.2) is 0 Å². The molecular weight excluding hydrogens is 1970 g/mol. The van der Waals surface area contributed by atoms with Crippen LogP contribution in [0.1, 0.15) is 6.92 Å². The minimum Gasteiger partial charge on any atom is -0.726 e. The van der Waals surface area contributed by atoms with E-state index in [-0.39, 0.29) is 362 Å². The fourth-order valence-electron chi connectivity index (χ4n) is 10.2. The number of esters is 1. The van der Waals surface area contributed by atoms with Crippen molar-refractivity contribution < 1.29 is 617 Å².